The van der Waals surface area contributed by atoms with Crippen molar-refractivity contribution in [2.24, 2.45) is 11.7 Å². The summed E-state index contributed by atoms with van der Waals surface area (Å²) in [6, 6.07) is 4.22. The molecule has 3 N–H and O–H groups in total. The number of hydrogen-bond donors (Lipinski definition) is 2. The van der Waals surface area contributed by atoms with Crippen molar-refractivity contribution in [1.82, 2.24) is 4.90 Å². The van der Waals surface area contributed by atoms with Crippen LogP contribution in [0.3, 0.4) is 0 Å². The Morgan fingerprint density at radius 1 is 1.28 bits per heavy atom. The molecule has 1 saturated carbocycles. The summed E-state index contributed by atoms with van der Waals surface area (Å²) >= 11 is 6.04. The highest BCUT2D eigenvalue weighted by molar-refractivity contribution is 6.40. The number of anilines is 1. The lowest BCUT2D eigenvalue weighted by Gasteiger charge is -2.32. The molecule has 0 aromatic heterocycles. The average molecular weight is 364 g/mol. The first-order valence-electron chi connectivity index (χ1n) is 8.65. The van der Waals surface area contributed by atoms with E-state index in [-0.39, 0.29) is 6.54 Å². The molecule has 25 heavy (non-hydrogen) atoms. The van der Waals surface area contributed by atoms with Crippen molar-refractivity contribution < 1.29 is 14.4 Å². The van der Waals surface area contributed by atoms with E-state index in [9.17, 15) is 14.4 Å². The number of nitrogens with two attached hydrogens (primary N) is 1. The van der Waals surface area contributed by atoms with Gasteiger partial charge in [0.2, 0.25) is 5.91 Å². The molecule has 7 heteroatoms. The third kappa shape index (κ3) is 3.95. The van der Waals surface area contributed by atoms with Gasteiger partial charge in [-0.25, -0.2) is 0 Å². The van der Waals surface area contributed by atoms with Crippen molar-refractivity contribution in [3.63, 3.8) is 0 Å². The zero-order valence-electron chi connectivity index (χ0n) is 14.0. The fraction of sp³-hybridized carbons (Fsp3) is 0.500. The van der Waals surface area contributed by atoms with Crippen LogP contribution in [-0.2, 0) is 20.9 Å². The molecule has 0 radical (unpaired) electrons. The first-order valence-corrected chi connectivity index (χ1v) is 9.03. The van der Waals surface area contributed by atoms with E-state index in [0.717, 1.165) is 25.7 Å². The number of rotatable bonds is 4. The molecule has 1 atom stereocenters. The van der Waals surface area contributed by atoms with Gasteiger partial charge in [0.1, 0.15) is 6.04 Å². The van der Waals surface area contributed by atoms with Crippen LogP contribution >= 0.6 is 11.6 Å². The standard InChI is InChI=1S/C18H22ClN3O3/c19-13-6-7-14-12(9-13)10-22(18(25)17(24)21-14)15(16(20)23)8-11-4-2-1-3-5-11/h6-7,9,11,15H,1-5,8,10H2,(H2,20,23)(H,21,24)/t15-/m0/s1. The maximum absolute atomic E-state index is 12.6. The largest absolute Gasteiger partial charge is 0.368 e. The third-order valence-corrected chi connectivity index (χ3v) is 5.33. The molecule has 0 bridgehead atoms. The van der Waals surface area contributed by atoms with Crippen molar-refractivity contribution in [3.8, 4) is 0 Å². The predicted octanol–water partition coefficient (Wildman–Crippen LogP) is 2.45. The second kappa shape index (κ2) is 7.44. The molecule has 6 nitrogen and oxygen atoms in total. The molecule has 1 heterocycles. The number of carbonyl (C=O) groups is 3. The monoisotopic (exact) mass is 363 g/mol. The average Bonchev–Trinajstić information content (AvgIpc) is 2.71. The van der Waals surface area contributed by atoms with Gasteiger partial charge in [-0.05, 0) is 36.1 Å². The summed E-state index contributed by atoms with van der Waals surface area (Å²) in [4.78, 5) is 38.1. The number of amides is 3. The SMILES string of the molecule is NC(=O)[C@H](CC1CCCCC1)N1Cc2cc(Cl)ccc2NC(=O)C1=O. The Balaban J connectivity index is 1.89. The van der Waals surface area contributed by atoms with Crippen LogP contribution in [-0.4, -0.2) is 28.7 Å². The zero-order valence-corrected chi connectivity index (χ0v) is 14.7. The smallest absolute Gasteiger partial charge is 0.313 e. The second-order valence-electron chi connectivity index (χ2n) is 6.85. The Labute approximate surface area is 151 Å². The van der Waals surface area contributed by atoms with Crippen LogP contribution in [0.4, 0.5) is 5.69 Å². The van der Waals surface area contributed by atoms with Crippen LogP contribution in [0.5, 0.6) is 0 Å². The summed E-state index contributed by atoms with van der Waals surface area (Å²) in [5.41, 5.74) is 6.83. The van der Waals surface area contributed by atoms with Gasteiger partial charge in [0.05, 0.1) is 0 Å². The lowest BCUT2D eigenvalue weighted by molar-refractivity contribution is -0.147. The fourth-order valence-corrected chi connectivity index (χ4v) is 3.96. The van der Waals surface area contributed by atoms with Crippen LogP contribution < -0.4 is 11.1 Å². The summed E-state index contributed by atoms with van der Waals surface area (Å²) in [5, 5.41) is 3.09. The minimum atomic E-state index is -0.786. The summed E-state index contributed by atoms with van der Waals surface area (Å²) in [7, 11) is 0. The molecule has 1 fully saturated rings. The van der Waals surface area contributed by atoms with Crippen LogP contribution in [0.1, 0.15) is 44.1 Å². The van der Waals surface area contributed by atoms with Gasteiger partial charge in [-0.15, -0.1) is 0 Å². The highest BCUT2D eigenvalue weighted by atomic mass is 35.5. The minimum Gasteiger partial charge on any atom is -0.368 e. The van der Waals surface area contributed by atoms with Crippen molar-refractivity contribution in [3.05, 3.63) is 28.8 Å². The molecule has 2 aliphatic rings. The van der Waals surface area contributed by atoms with E-state index < -0.39 is 23.8 Å². The minimum absolute atomic E-state index is 0.133. The van der Waals surface area contributed by atoms with Gasteiger partial charge in [0, 0.05) is 17.3 Å². The van der Waals surface area contributed by atoms with Gasteiger partial charge in [-0.2, -0.15) is 0 Å². The highest BCUT2D eigenvalue weighted by Gasteiger charge is 2.36. The molecule has 0 saturated heterocycles. The maximum atomic E-state index is 12.6. The number of primary amides is 1. The Morgan fingerprint density at radius 3 is 2.68 bits per heavy atom. The zero-order chi connectivity index (χ0) is 18.0. The Hall–Kier alpha value is -2.08. The van der Waals surface area contributed by atoms with Crippen molar-refractivity contribution in [2.45, 2.75) is 51.1 Å². The van der Waals surface area contributed by atoms with Gasteiger partial charge in [-0.1, -0.05) is 43.7 Å². The summed E-state index contributed by atoms with van der Waals surface area (Å²) < 4.78 is 0. The quantitative estimate of drug-likeness (QED) is 0.804. The molecular formula is C18H22ClN3O3. The fourth-order valence-electron chi connectivity index (χ4n) is 3.76. The van der Waals surface area contributed by atoms with E-state index in [1.54, 1.807) is 18.2 Å². The van der Waals surface area contributed by atoms with Crippen molar-refractivity contribution in [1.29, 1.82) is 0 Å². The van der Waals surface area contributed by atoms with E-state index in [0.29, 0.717) is 28.6 Å². The number of benzene rings is 1. The molecule has 1 aliphatic heterocycles. The Morgan fingerprint density at radius 2 is 2.00 bits per heavy atom. The lowest BCUT2D eigenvalue weighted by Crippen LogP contribution is -2.50. The Kier molecular flexibility index (Phi) is 5.27. The van der Waals surface area contributed by atoms with E-state index in [4.69, 9.17) is 17.3 Å². The van der Waals surface area contributed by atoms with Crippen molar-refractivity contribution >= 4 is 35.0 Å². The van der Waals surface area contributed by atoms with Crippen LogP contribution in [0.2, 0.25) is 5.02 Å². The number of halogens is 1. The lowest BCUT2D eigenvalue weighted by atomic mass is 9.84. The van der Waals surface area contributed by atoms with Crippen LogP contribution in [0, 0.1) is 5.92 Å². The molecule has 0 unspecified atom stereocenters. The van der Waals surface area contributed by atoms with E-state index in [1.165, 1.54) is 11.3 Å². The van der Waals surface area contributed by atoms with E-state index in [1.807, 2.05) is 0 Å². The molecule has 134 valence electrons. The first kappa shape index (κ1) is 17.7. The first-order chi connectivity index (χ1) is 12.0. The third-order valence-electron chi connectivity index (χ3n) is 5.10. The number of carbonyl (C=O) groups excluding carboxylic acids is 3. The summed E-state index contributed by atoms with van der Waals surface area (Å²) in [5.74, 6) is -1.70. The van der Waals surface area contributed by atoms with Gasteiger partial charge in [0.15, 0.2) is 0 Å². The van der Waals surface area contributed by atoms with Gasteiger partial charge < -0.3 is 16.0 Å². The molecule has 3 amide bonds. The number of nitrogens with one attached hydrogen (secondary N) is 1. The maximum Gasteiger partial charge on any atom is 0.313 e. The molecule has 1 aromatic carbocycles. The van der Waals surface area contributed by atoms with Crippen LogP contribution in [0.15, 0.2) is 18.2 Å². The topological polar surface area (TPSA) is 92.5 Å². The molecule has 3 rings (SSSR count). The molecule has 1 aliphatic carbocycles. The number of hydrogen-bond acceptors (Lipinski definition) is 3. The Bertz CT molecular complexity index is 701. The van der Waals surface area contributed by atoms with Gasteiger partial charge in [0.25, 0.3) is 0 Å². The second-order valence-corrected chi connectivity index (χ2v) is 7.28. The number of fused-ring (bicyclic) bond motifs is 1. The predicted molar refractivity (Wildman–Crippen MR) is 94.8 cm³/mol. The van der Waals surface area contributed by atoms with Crippen LogP contribution in [0.25, 0.3) is 0 Å². The molecule has 0 spiro atoms. The summed E-state index contributed by atoms with van der Waals surface area (Å²) in [6.45, 7) is 0.133. The van der Waals surface area contributed by atoms with Gasteiger partial charge in [-0.3, -0.25) is 14.4 Å². The molecular weight excluding hydrogens is 342 g/mol. The number of nitrogens with zero attached hydrogens (tertiary/aromatic N) is 1. The van der Waals surface area contributed by atoms with Crippen molar-refractivity contribution in [2.75, 3.05) is 5.32 Å². The van der Waals surface area contributed by atoms with E-state index >= 15 is 0 Å². The molecule has 1 aromatic rings. The normalized spacial score (nSPS) is 19.8. The van der Waals surface area contributed by atoms with Gasteiger partial charge >= 0.3 is 11.8 Å². The summed E-state index contributed by atoms with van der Waals surface area (Å²) in [6.07, 6.45) is 6.02. The van der Waals surface area contributed by atoms with E-state index in [2.05, 4.69) is 5.32 Å². The highest BCUT2D eigenvalue weighted by Crippen LogP contribution is 2.31.